The molecule has 0 bridgehead atoms. The van der Waals surface area contributed by atoms with Gasteiger partial charge in [0.1, 0.15) is 0 Å². The number of fused-ring (bicyclic) bond motifs is 1. The molecule has 0 aliphatic heterocycles. The molecule has 3 rings (SSSR count). The van der Waals surface area contributed by atoms with Crippen molar-refractivity contribution in [2.75, 3.05) is 0 Å². The van der Waals surface area contributed by atoms with E-state index in [1.807, 2.05) is 11.3 Å². The Morgan fingerprint density at radius 1 is 1.31 bits per heavy atom. The van der Waals surface area contributed by atoms with E-state index in [0.29, 0.717) is 6.04 Å². The van der Waals surface area contributed by atoms with Crippen molar-refractivity contribution in [1.29, 1.82) is 0 Å². The monoisotopic (exact) mass is 236 g/mol. The Bertz CT molecular complexity index is 369. The van der Waals surface area contributed by atoms with Gasteiger partial charge in [-0.3, -0.25) is 0 Å². The van der Waals surface area contributed by atoms with Gasteiger partial charge in [-0.15, -0.1) is 11.3 Å². The van der Waals surface area contributed by atoms with Gasteiger partial charge >= 0.3 is 0 Å². The van der Waals surface area contributed by atoms with Crippen LogP contribution < -0.4 is 5.73 Å². The molecule has 1 heterocycles. The molecule has 0 aromatic carbocycles. The first-order valence-corrected chi connectivity index (χ1v) is 7.13. The molecule has 0 spiro atoms. The maximum Gasteiger partial charge on any atom is 0.0946 e. The molecule has 0 radical (unpaired) electrons. The van der Waals surface area contributed by atoms with Crippen LogP contribution >= 0.6 is 11.3 Å². The van der Waals surface area contributed by atoms with Crippen LogP contribution in [0.3, 0.4) is 0 Å². The maximum absolute atomic E-state index is 6.32. The summed E-state index contributed by atoms with van der Waals surface area (Å²) in [7, 11) is 0. The van der Waals surface area contributed by atoms with Gasteiger partial charge < -0.3 is 5.73 Å². The first-order chi connectivity index (χ1) is 7.63. The molecule has 2 nitrogen and oxygen atoms in total. The second-order valence-corrected chi connectivity index (χ2v) is 6.89. The minimum atomic E-state index is 0.345. The number of rotatable bonds is 3. The Morgan fingerprint density at radius 2 is 2.00 bits per heavy atom. The summed E-state index contributed by atoms with van der Waals surface area (Å²) in [4.78, 5) is 5.93. The number of nitrogens with zero attached hydrogens (tertiary/aromatic N) is 1. The molecule has 3 heteroatoms. The SMILES string of the molecule is Cc1nc(CC(N)C2CC3CC3C2)sc1C. The Labute approximate surface area is 101 Å². The van der Waals surface area contributed by atoms with Crippen molar-refractivity contribution >= 4 is 11.3 Å². The van der Waals surface area contributed by atoms with Gasteiger partial charge in [0.25, 0.3) is 0 Å². The van der Waals surface area contributed by atoms with Gasteiger partial charge in [0.15, 0.2) is 0 Å². The van der Waals surface area contributed by atoms with Crippen LogP contribution in [0.25, 0.3) is 0 Å². The topological polar surface area (TPSA) is 38.9 Å². The molecule has 2 saturated carbocycles. The average molecular weight is 236 g/mol. The van der Waals surface area contributed by atoms with Crippen molar-refractivity contribution in [2.45, 2.75) is 45.6 Å². The molecule has 0 saturated heterocycles. The van der Waals surface area contributed by atoms with Crippen LogP contribution in [0.5, 0.6) is 0 Å². The van der Waals surface area contributed by atoms with Gasteiger partial charge in [-0.1, -0.05) is 0 Å². The summed E-state index contributed by atoms with van der Waals surface area (Å²) in [5.74, 6) is 2.85. The summed E-state index contributed by atoms with van der Waals surface area (Å²) in [5.41, 5.74) is 7.50. The van der Waals surface area contributed by atoms with Crippen molar-refractivity contribution in [3.63, 3.8) is 0 Å². The van der Waals surface area contributed by atoms with Gasteiger partial charge in [0.2, 0.25) is 0 Å². The second-order valence-electron chi connectivity index (χ2n) is 5.60. The van der Waals surface area contributed by atoms with Gasteiger partial charge in [-0.25, -0.2) is 4.98 Å². The zero-order valence-corrected chi connectivity index (χ0v) is 10.9. The Balaban J connectivity index is 1.61. The van der Waals surface area contributed by atoms with E-state index in [2.05, 4.69) is 18.8 Å². The van der Waals surface area contributed by atoms with Crippen LogP contribution in [-0.4, -0.2) is 11.0 Å². The highest BCUT2D eigenvalue weighted by atomic mass is 32.1. The summed E-state index contributed by atoms with van der Waals surface area (Å²) < 4.78 is 0. The van der Waals surface area contributed by atoms with Crippen molar-refractivity contribution in [3.05, 3.63) is 15.6 Å². The summed E-state index contributed by atoms with van der Waals surface area (Å²) in [6.45, 7) is 4.23. The van der Waals surface area contributed by atoms with Crippen molar-refractivity contribution in [3.8, 4) is 0 Å². The molecule has 16 heavy (non-hydrogen) atoms. The highest BCUT2D eigenvalue weighted by molar-refractivity contribution is 7.11. The van der Waals surface area contributed by atoms with Crippen LogP contribution in [0.4, 0.5) is 0 Å². The third kappa shape index (κ3) is 1.91. The lowest BCUT2D eigenvalue weighted by molar-refractivity contribution is 0.392. The maximum atomic E-state index is 6.32. The van der Waals surface area contributed by atoms with Crippen molar-refractivity contribution < 1.29 is 0 Å². The largest absolute Gasteiger partial charge is 0.327 e. The average Bonchev–Trinajstić information content (AvgIpc) is 2.71. The number of aromatic nitrogens is 1. The van der Waals surface area contributed by atoms with Crippen LogP contribution in [-0.2, 0) is 6.42 Å². The fourth-order valence-electron chi connectivity index (χ4n) is 3.11. The molecule has 88 valence electrons. The van der Waals surface area contributed by atoms with E-state index in [1.165, 1.54) is 34.8 Å². The molecule has 1 aromatic heterocycles. The predicted octanol–water partition coefficient (Wildman–Crippen LogP) is 2.68. The molecule has 2 fully saturated rings. The lowest BCUT2D eigenvalue weighted by Crippen LogP contribution is -2.31. The smallest absolute Gasteiger partial charge is 0.0946 e. The fourth-order valence-corrected chi connectivity index (χ4v) is 4.11. The Hall–Kier alpha value is -0.410. The first-order valence-electron chi connectivity index (χ1n) is 6.32. The third-order valence-electron chi connectivity index (χ3n) is 4.37. The van der Waals surface area contributed by atoms with E-state index in [-0.39, 0.29) is 0 Å². The van der Waals surface area contributed by atoms with Gasteiger partial charge in [0, 0.05) is 17.3 Å². The van der Waals surface area contributed by atoms with Gasteiger partial charge in [0.05, 0.1) is 10.7 Å². The third-order valence-corrected chi connectivity index (χ3v) is 5.46. The molecule has 2 aliphatic rings. The van der Waals surface area contributed by atoms with Gasteiger partial charge in [-0.05, 0) is 50.9 Å². The zero-order valence-electron chi connectivity index (χ0n) is 10.1. The number of thiazole rings is 1. The zero-order chi connectivity index (χ0) is 11.3. The van der Waals surface area contributed by atoms with Crippen LogP contribution in [0.15, 0.2) is 0 Å². The van der Waals surface area contributed by atoms with E-state index in [1.54, 1.807) is 0 Å². The fraction of sp³-hybridized carbons (Fsp3) is 0.769. The Kier molecular flexibility index (Phi) is 2.55. The van der Waals surface area contributed by atoms with E-state index in [0.717, 1.165) is 24.2 Å². The standard InChI is InChI=1S/C13H20N2S/c1-7-8(2)16-13(15-7)6-12(14)11-4-9-3-10(9)5-11/h9-12H,3-6,14H2,1-2H3. The number of aryl methyl sites for hydroxylation is 2. The van der Waals surface area contributed by atoms with E-state index in [9.17, 15) is 0 Å². The molecule has 3 unspecified atom stereocenters. The van der Waals surface area contributed by atoms with Crippen LogP contribution in [0, 0.1) is 31.6 Å². The number of hydrogen-bond donors (Lipinski definition) is 1. The molecular weight excluding hydrogens is 216 g/mol. The summed E-state index contributed by atoms with van der Waals surface area (Å²) >= 11 is 1.82. The second kappa shape index (κ2) is 3.81. The molecule has 3 atom stereocenters. The van der Waals surface area contributed by atoms with Crippen molar-refractivity contribution in [2.24, 2.45) is 23.5 Å². The number of hydrogen-bond acceptors (Lipinski definition) is 3. The summed E-state index contributed by atoms with van der Waals surface area (Å²) in [6.07, 6.45) is 5.24. The van der Waals surface area contributed by atoms with Gasteiger partial charge in [-0.2, -0.15) is 0 Å². The van der Waals surface area contributed by atoms with Crippen LogP contribution in [0.1, 0.15) is 34.8 Å². The molecule has 2 aliphatic carbocycles. The highest BCUT2D eigenvalue weighted by Crippen LogP contribution is 2.55. The minimum absolute atomic E-state index is 0.345. The van der Waals surface area contributed by atoms with Crippen LogP contribution in [0.2, 0.25) is 0 Å². The molecule has 2 N–H and O–H groups in total. The highest BCUT2D eigenvalue weighted by Gasteiger charge is 2.47. The van der Waals surface area contributed by atoms with Crippen molar-refractivity contribution in [1.82, 2.24) is 4.98 Å². The quantitative estimate of drug-likeness (QED) is 0.876. The summed E-state index contributed by atoms with van der Waals surface area (Å²) in [5, 5.41) is 1.24. The lowest BCUT2D eigenvalue weighted by Gasteiger charge is -2.19. The molecule has 0 amide bonds. The molecular formula is C13H20N2S. The normalized spacial score (nSPS) is 33.8. The summed E-state index contributed by atoms with van der Waals surface area (Å²) in [6, 6.07) is 0.345. The van der Waals surface area contributed by atoms with E-state index < -0.39 is 0 Å². The minimum Gasteiger partial charge on any atom is -0.327 e. The van der Waals surface area contributed by atoms with E-state index >= 15 is 0 Å². The molecule has 1 aromatic rings. The first kappa shape index (κ1) is 10.7. The lowest BCUT2D eigenvalue weighted by atomic mass is 9.93. The Morgan fingerprint density at radius 3 is 2.56 bits per heavy atom. The predicted molar refractivity (Wildman–Crippen MR) is 67.6 cm³/mol. The number of nitrogens with two attached hydrogens (primary N) is 1. The van der Waals surface area contributed by atoms with E-state index in [4.69, 9.17) is 5.73 Å².